The highest BCUT2D eigenvalue weighted by Crippen LogP contribution is 2.34. The minimum atomic E-state index is 0.763. The Bertz CT molecular complexity index is 816. The van der Waals surface area contributed by atoms with E-state index in [0.29, 0.717) is 0 Å². The summed E-state index contributed by atoms with van der Waals surface area (Å²) in [4.78, 5) is 3.69. The summed E-state index contributed by atoms with van der Waals surface area (Å²) in [7, 11) is 0. The lowest BCUT2D eigenvalue weighted by atomic mass is 9.98. The van der Waals surface area contributed by atoms with Crippen LogP contribution in [0.15, 0.2) is 36.4 Å². The van der Waals surface area contributed by atoms with Gasteiger partial charge in [-0.2, -0.15) is 0 Å². The first-order valence-electron chi connectivity index (χ1n) is 8.18. The van der Waals surface area contributed by atoms with Crippen molar-refractivity contribution in [1.29, 1.82) is 0 Å². The summed E-state index contributed by atoms with van der Waals surface area (Å²) in [5.74, 6) is 0. The number of nitrogens with one attached hydrogen (secondary N) is 1. The predicted octanol–water partition coefficient (Wildman–Crippen LogP) is 5.34. The molecule has 0 aliphatic heterocycles. The predicted molar refractivity (Wildman–Crippen MR) is 108 cm³/mol. The molecule has 0 saturated carbocycles. The van der Waals surface area contributed by atoms with Gasteiger partial charge in [0.2, 0.25) is 0 Å². The van der Waals surface area contributed by atoms with E-state index in [-0.39, 0.29) is 0 Å². The maximum Gasteiger partial charge on any atom is 0.0497 e. The third-order valence-electron chi connectivity index (χ3n) is 4.37. The van der Waals surface area contributed by atoms with E-state index in [1.54, 1.807) is 0 Å². The second-order valence-corrected chi connectivity index (χ2v) is 7.48. The lowest BCUT2D eigenvalue weighted by Crippen LogP contribution is -1.99. The standard InChI is InChI=1S/C20H23IN2/c1-13-11-14(2)19-18(12-13)17(5-3-4-10-22)20(23-19)15-6-8-16(21)9-7-15/h6-9,11-12,23H,3-5,10,22H2,1-2H3. The molecule has 0 radical (unpaired) electrons. The number of hydrogen-bond donors (Lipinski definition) is 2. The van der Waals surface area contributed by atoms with Gasteiger partial charge in [-0.15, -0.1) is 0 Å². The fourth-order valence-electron chi connectivity index (χ4n) is 3.28. The Labute approximate surface area is 151 Å². The third kappa shape index (κ3) is 3.45. The van der Waals surface area contributed by atoms with E-state index in [0.717, 1.165) is 25.8 Å². The monoisotopic (exact) mass is 418 g/mol. The number of fused-ring (bicyclic) bond motifs is 1. The Hall–Kier alpha value is -1.33. The average molecular weight is 418 g/mol. The maximum absolute atomic E-state index is 5.69. The highest BCUT2D eigenvalue weighted by Gasteiger charge is 2.14. The number of unbranched alkanes of at least 4 members (excludes halogenated alkanes) is 1. The van der Waals surface area contributed by atoms with Gasteiger partial charge < -0.3 is 10.7 Å². The van der Waals surface area contributed by atoms with Crippen LogP contribution < -0.4 is 5.73 Å². The van der Waals surface area contributed by atoms with Gasteiger partial charge in [0.15, 0.2) is 0 Å². The van der Waals surface area contributed by atoms with Gasteiger partial charge in [-0.05, 0) is 97.1 Å². The van der Waals surface area contributed by atoms with Crippen LogP contribution in [0.3, 0.4) is 0 Å². The van der Waals surface area contributed by atoms with Crippen LogP contribution in [0.2, 0.25) is 0 Å². The van der Waals surface area contributed by atoms with Gasteiger partial charge in [-0.25, -0.2) is 0 Å². The Morgan fingerprint density at radius 3 is 2.48 bits per heavy atom. The fraction of sp³-hybridized carbons (Fsp3) is 0.300. The van der Waals surface area contributed by atoms with E-state index in [1.165, 1.54) is 42.4 Å². The average Bonchev–Trinajstić information content (AvgIpc) is 2.87. The van der Waals surface area contributed by atoms with Crippen LogP contribution in [0, 0.1) is 17.4 Å². The van der Waals surface area contributed by atoms with Crippen LogP contribution in [-0.4, -0.2) is 11.5 Å². The van der Waals surface area contributed by atoms with Gasteiger partial charge in [0, 0.05) is 20.2 Å². The van der Waals surface area contributed by atoms with E-state index in [4.69, 9.17) is 5.73 Å². The summed E-state index contributed by atoms with van der Waals surface area (Å²) in [6.07, 6.45) is 3.28. The molecule has 0 atom stereocenters. The number of H-pyrrole nitrogens is 1. The number of aryl methyl sites for hydroxylation is 3. The van der Waals surface area contributed by atoms with Crippen molar-refractivity contribution in [2.75, 3.05) is 6.54 Å². The molecule has 3 aromatic rings. The Morgan fingerprint density at radius 2 is 1.78 bits per heavy atom. The van der Waals surface area contributed by atoms with E-state index >= 15 is 0 Å². The van der Waals surface area contributed by atoms with Crippen LogP contribution in [0.5, 0.6) is 0 Å². The zero-order valence-corrected chi connectivity index (χ0v) is 15.9. The highest BCUT2D eigenvalue weighted by atomic mass is 127. The van der Waals surface area contributed by atoms with Crippen LogP contribution >= 0.6 is 22.6 Å². The van der Waals surface area contributed by atoms with E-state index in [1.807, 2.05) is 0 Å². The molecule has 0 spiro atoms. The molecule has 3 heteroatoms. The third-order valence-corrected chi connectivity index (χ3v) is 5.09. The van der Waals surface area contributed by atoms with Crippen LogP contribution in [-0.2, 0) is 6.42 Å². The first-order valence-corrected chi connectivity index (χ1v) is 9.26. The van der Waals surface area contributed by atoms with Gasteiger partial charge in [-0.3, -0.25) is 0 Å². The van der Waals surface area contributed by atoms with E-state index < -0.39 is 0 Å². The number of benzene rings is 2. The Balaban J connectivity index is 2.16. The molecule has 0 amide bonds. The van der Waals surface area contributed by atoms with Crippen LogP contribution in [0.25, 0.3) is 22.2 Å². The largest absolute Gasteiger partial charge is 0.354 e. The zero-order valence-electron chi connectivity index (χ0n) is 13.7. The molecular weight excluding hydrogens is 395 g/mol. The minimum absolute atomic E-state index is 0.763. The molecule has 0 aliphatic carbocycles. The molecule has 3 rings (SSSR count). The van der Waals surface area contributed by atoms with Gasteiger partial charge in [0.1, 0.15) is 0 Å². The SMILES string of the molecule is Cc1cc(C)c2[nH]c(-c3ccc(I)cc3)c(CCCCN)c2c1. The highest BCUT2D eigenvalue weighted by molar-refractivity contribution is 14.1. The molecule has 3 N–H and O–H groups in total. The number of halogens is 1. The molecule has 0 unspecified atom stereocenters. The Kier molecular flexibility index (Phi) is 5.07. The number of nitrogens with two attached hydrogens (primary N) is 1. The lowest BCUT2D eigenvalue weighted by Gasteiger charge is -2.06. The summed E-state index contributed by atoms with van der Waals surface area (Å²) in [6, 6.07) is 13.3. The molecule has 0 aliphatic rings. The Morgan fingerprint density at radius 1 is 1.04 bits per heavy atom. The summed E-state index contributed by atoms with van der Waals surface area (Å²) < 4.78 is 1.26. The van der Waals surface area contributed by atoms with Crippen molar-refractivity contribution in [3.8, 4) is 11.3 Å². The number of aromatic amines is 1. The smallest absolute Gasteiger partial charge is 0.0497 e. The van der Waals surface area contributed by atoms with Gasteiger partial charge >= 0.3 is 0 Å². The van der Waals surface area contributed by atoms with Crippen molar-refractivity contribution in [2.24, 2.45) is 5.73 Å². The summed E-state index contributed by atoms with van der Waals surface area (Å²) in [5.41, 5.74) is 13.6. The fourth-order valence-corrected chi connectivity index (χ4v) is 3.63. The molecule has 0 fully saturated rings. The van der Waals surface area contributed by atoms with Gasteiger partial charge in [-0.1, -0.05) is 23.8 Å². The topological polar surface area (TPSA) is 41.8 Å². The number of aromatic nitrogens is 1. The van der Waals surface area contributed by atoms with Crippen LogP contribution in [0.4, 0.5) is 0 Å². The van der Waals surface area contributed by atoms with E-state index in [9.17, 15) is 0 Å². The van der Waals surface area contributed by atoms with Crippen molar-refractivity contribution in [3.05, 3.63) is 56.7 Å². The quantitative estimate of drug-likeness (QED) is 0.427. The second-order valence-electron chi connectivity index (χ2n) is 6.24. The van der Waals surface area contributed by atoms with Crippen molar-refractivity contribution >= 4 is 33.5 Å². The van der Waals surface area contributed by atoms with Gasteiger partial charge in [0.25, 0.3) is 0 Å². The normalized spacial score (nSPS) is 11.3. The molecule has 0 bridgehead atoms. The summed E-state index contributed by atoms with van der Waals surface area (Å²) >= 11 is 2.35. The van der Waals surface area contributed by atoms with Crippen molar-refractivity contribution < 1.29 is 0 Å². The molecule has 23 heavy (non-hydrogen) atoms. The van der Waals surface area contributed by atoms with E-state index in [2.05, 4.69) is 77.8 Å². The molecule has 2 nitrogen and oxygen atoms in total. The number of rotatable bonds is 5. The van der Waals surface area contributed by atoms with Gasteiger partial charge in [0.05, 0.1) is 0 Å². The second kappa shape index (κ2) is 7.05. The molecule has 1 heterocycles. The first-order chi connectivity index (χ1) is 11.1. The maximum atomic E-state index is 5.69. The summed E-state index contributed by atoms with van der Waals surface area (Å²) in [5, 5.41) is 1.37. The molecule has 2 aromatic carbocycles. The van der Waals surface area contributed by atoms with Crippen molar-refractivity contribution in [3.63, 3.8) is 0 Å². The summed E-state index contributed by atoms with van der Waals surface area (Å²) in [6.45, 7) is 5.13. The lowest BCUT2D eigenvalue weighted by molar-refractivity contribution is 0.748. The van der Waals surface area contributed by atoms with Crippen molar-refractivity contribution in [1.82, 2.24) is 4.98 Å². The molecule has 0 saturated heterocycles. The minimum Gasteiger partial charge on any atom is -0.354 e. The zero-order chi connectivity index (χ0) is 16.4. The molecular formula is C20H23IN2. The van der Waals surface area contributed by atoms with Crippen molar-refractivity contribution in [2.45, 2.75) is 33.1 Å². The number of hydrogen-bond acceptors (Lipinski definition) is 1. The molecule has 1 aromatic heterocycles. The van der Waals surface area contributed by atoms with Crippen LogP contribution in [0.1, 0.15) is 29.5 Å². The molecule has 120 valence electrons. The first kappa shape index (κ1) is 16.5.